The molecule has 1 aromatic heterocycles. The van der Waals surface area contributed by atoms with Gasteiger partial charge in [0.2, 0.25) is 0 Å². The van der Waals surface area contributed by atoms with E-state index < -0.39 is 0 Å². The summed E-state index contributed by atoms with van der Waals surface area (Å²) in [6.07, 6.45) is 3.56. The molecule has 108 valence electrons. The van der Waals surface area contributed by atoms with Gasteiger partial charge in [0.15, 0.2) is 5.82 Å². The highest BCUT2D eigenvalue weighted by Crippen LogP contribution is 2.35. The van der Waals surface area contributed by atoms with Crippen molar-refractivity contribution in [1.82, 2.24) is 20.8 Å². The van der Waals surface area contributed by atoms with Crippen molar-refractivity contribution in [1.29, 1.82) is 0 Å². The summed E-state index contributed by atoms with van der Waals surface area (Å²) in [5.41, 5.74) is 7.37. The molecule has 2 fully saturated rings. The van der Waals surface area contributed by atoms with E-state index in [0.717, 1.165) is 29.1 Å². The first-order valence-corrected chi connectivity index (χ1v) is 7.60. The number of hydrogen-bond donors (Lipinski definition) is 2. The third kappa shape index (κ3) is 2.59. The van der Waals surface area contributed by atoms with Gasteiger partial charge in [-0.1, -0.05) is 11.6 Å². The fourth-order valence-corrected chi connectivity index (χ4v) is 2.93. The van der Waals surface area contributed by atoms with Crippen LogP contribution in [-0.2, 0) is 0 Å². The number of aryl methyl sites for hydroxylation is 1. The lowest BCUT2D eigenvalue weighted by molar-refractivity contribution is 0.504. The molecule has 6 heteroatoms. The molecule has 1 unspecified atom stereocenters. The minimum Gasteiger partial charge on any atom is -0.309 e. The summed E-state index contributed by atoms with van der Waals surface area (Å²) < 4.78 is 0. The maximum atomic E-state index is 6.09. The summed E-state index contributed by atoms with van der Waals surface area (Å²) in [5.74, 6) is 3.13. The third-order valence-corrected chi connectivity index (χ3v) is 4.23. The van der Waals surface area contributed by atoms with E-state index in [4.69, 9.17) is 11.6 Å². The van der Waals surface area contributed by atoms with Gasteiger partial charge in [-0.3, -0.25) is 0 Å². The standard InChI is InChI=1S/C15H16ClN5/c1-8-17-12-5-4-10(16)6-11(12)15(18-8)19-14-7-13(20-21-14)9-2-3-9/h4-6,9,13,20H,2-3,7H2,1H3,(H,17,18,19,21). The lowest BCUT2D eigenvalue weighted by Gasteiger charge is -2.04. The quantitative estimate of drug-likeness (QED) is 0.895. The molecule has 1 aromatic carbocycles. The number of fused-ring (bicyclic) bond motifs is 1. The highest BCUT2D eigenvalue weighted by atomic mass is 35.5. The van der Waals surface area contributed by atoms with E-state index in [2.05, 4.69) is 25.8 Å². The lowest BCUT2D eigenvalue weighted by Crippen LogP contribution is -2.32. The fourth-order valence-electron chi connectivity index (χ4n) is 2.75. The second-order valence-corrected chi connectivity index (χ2v) is 6.17. The fraction of sp³-hybridized carbons (Fsp3) is 0.400. The molecule has 1 atom stereocenters. The van der Waals surface area contributed by atoms with Crippen LogP contribution in [0.3, 0.4) is 0 Å². The van der Waals surface area contributed by atoms with Gasteiger partial charge in [0, 0.05) is 22.9 Å². The molecule has 1 saturated carbocycles. The van der Waals surface area contributed by atoms with Crippen molar-refractivity contribution >= 4 is 34.2 Å². The van der Waals surface area contributed by atoms with Gasteiger partial charge in [-0.2, -0.15) is 0 Å². The number of rotatable bonds is 2. The molecule has 5 nitrogen and oxygen atoms in total. The van der Waals surface area contributed by atoms with Crippen molar-refractivity contribution in [2.45, 2.75) is 32.2 Å². The zero-order chi connectivity index (χ0) is 14.4. The van der Waals surface area contributed by atoms with Crippen LogP contribution in [0.4, 0.5) is 5.82 Å². The Balaban J connectivity index is 1.73. The number of hydrazine groups is 1. The predicted octanol–water partition coefficient (Wildman–Crippen LogP) is 2.90. The monoisotopic (exact) mass is 301 g/mol. The predicted molar refractivity (Wildman–Crippen MR) is 83.8 cm³/mol. The first kappa shape index (κ1) is 13.0. The lowest BCUT2D eigenvalue weighted by atomic mass is 10.1. The minimum absolute atomic E-state index is 0.501. The summed E-state index contributed by atoms with van der Waals surface area (Å²) in [6, 6.07) is 6.12. The molecule has 21 heavy (non-hydrogen) atoms. The van der Waals surface area contributed by atoms with E-state index in [1.165, 1.54) is 12.8 Å². The van der Waals surface area contributed by atoms with Gasteiger partial charge in [-0.05, 0) is 43.9 Å². The second kappa shape index (κ2) is 4.93. The van der Waals surface area contributed by atoms with Crippen LogP contribution in [0.5, 0.6) is 0 Å². The number of amidine groups is 1. The summed E-state index contributed by atoms with van der Waals surface area (Å²) in [5, 5.41) is 1.56. The molecular formula is C15H16ClN5. The molecule has 2 aromatic rings. The average Bonchev–Trinajstić information content (AvgIpc) is 3.20. The van der Waals surface area contributed by atoms with Gasteiger partial charge in [0.25, 0.3) is 0 Å². The van der Waals surface area contributed by atoms with Gasteiger partial charge in [-0.25, -0.2) is 20.4 Å². The molecule has 0 spiro atoms. The topological polar surface area (TPSA) is 62.2 Å². The molecule has 2 N–H and O–H groups in total. The molecule has 0 amide bonds. The number of nitrogens with zero attached hydrogens (tertiary/aromatic N) is 3. The van der Waals surface area contributed by atoms with E-state index in [1.807, 2.05) is 25.1 Å². The largest absolute Gasteiger partial charge is 0.309 e. The van der Waals surface area contributed by atoms with Gasteiger partial charge < -0.3 is 5.43 Å². The van der Waals surface area contributed by atoms with Crippen LogP contribution in [-0.4, -0.2) is 21.8 Å². The Kier molecular flexibility index (Phi) is 3.05. The third-order valence-electron chi connectivity index (χ3n) is 4.00. The molecule has 1 saturated heterocycles. The number of hydrogen-bond acceptors (Lipinski definition) is 4. The first-order valence-electron chi connectivity index (χ1n) is 7.22. The molecule has 0 bridgehead atoms. The maximum absolute atomic E-state index is 6.09. The molecule has 2 heterocycles. The average molecular weight is 302 g/mol. The van der Waals surface area contributed by atoms with Crippen LogP contribution in [0.15, 0.2) is 23.2 Å². The van der Waals surface area contributed by atoms with Crippen molar-refractivity contribution < 1.29 is 0 Å². The zero-order valence-corrected chi connectivity index (χ0v) is 12.5. The highest BCUT2D eigenvalue weighted by molar-refractivity contribution is 6.31. The molecule has 4 rings (SSSR count). The Morgan fingerprint density at radius 2 is 2.14 bits per heavy atom. The number of aliphatic imine (C=N–C) groups is 1. The highest BCUT2D eigenvalue weighted by Gasteiger charge is 2.35. The minimum atomic E-state index is 0.501. The Bertz CT molecular complexity index is 738. The van der Waals surface area contributed by atoms with E-state index >= 15 is 0 Å². The van der Waals surface area contributed by atoms with Gasteiger partial charge in [-0.15, -0.1) is 0 Å². The van der Waals surface area contributed by atoms with Crippen LogP contribution in [0, 0.1) is 12.8 Å². The summed E-state index contributed by atoms with van der Waals surface area (Å²) in [4.78, 5) is 13.6. The van der Waals surface area contributed by atoms with Crippen LogP contribution in [0.1, 0.15) is 25.1 Å². The van der Waals surface area contributed by atoms with Gasteiger partial charge in [0.05, 0.1) is 5.52 Å². The van der Waals surface area contributed by atoms with E-state index in [0.29, 0.717) is 22.7 Å². The normalized spacial score (nSPS) is 23.7. The Morgan fingerprint density at radius 1 is 1.29 bits per heavy atom. The SMILES string of the molecule is Cc1nc(N=C2CC(C3CC3)NN2)c2cc(Cl)ccc2n1. The van der Waals surface area contributed by atoms with Crippen molar-refractivity contribution in [3.63, 3.8) is 0 Å². The van der Waals surface area contributed by atoms with Gasteiger partial charge >= 0.3 is 0 Å². The summed E-state index contributed by atoms with van der Waals surface area (Å²) in [6.45, 7) is 1.88. The smallest absolute Gasteiger partial charge is 0.165 e. The summed E-state index contributed by atoms with van der Waals surface area (Å²) in [7, 11) is 0. The van der Waals surface area contributed by atoms with E-state index in [9.17, 15) is 0 Å². The second-order valence-electron chi connectivity index (χ2n) is 5.73. The van der Waals surface area contributed by atoms with Crippen molar-refractivity contribution in [2.24, 2.45) is 10.9 Å². The van der Waals surface area contributed by atoms with Crippen LogP contribution < -0.4 is 10.9 Å². The molecule has 0 radical (unpaired) electrons. The Labute approximate surface area is 127 Å². The zero-order valence-electron chi connectivity index (χ0n) is 11.7. The number of halogens is 1. The van der Waals surface area contributed by atoms with Gasteiger partial charge in [0.1, 0.15) is 11.7 Å². The van der Waals surface area contributed by atoms with Crippen molar-refractivity contribution in [2.75, 3.05) is 0 Å². The van der Waals surface area contributed by atoms with Crippen molar-refractivity contribution in [3.05, 3.63) is 29.0 Å². The Hall–Kier alpha value is -1.72. The van der Waals surface area contributed by atoms with Crippen LogP contribution in [0.25, 0.3) is 10.9 Å². The van der Waals surface area contributed by atoms with E-state index in [-0.39, 0.29) is 0 Å². The molecule has 1 aliphatic heterocycles. The number of aromatic nitrogens is 2. The van der Waals surface area contributed by atoms with Crippen LogP contribution in [0.2, 0.25) is 5.02 Å². The number of benzene rings is 1. The van der Waals surface area contributed by atoms with Crippen LogP contribution >= 0.6 is 11.6 Å². The maximum Gasteiger partial charge on any atom is 0.165 e. The Morgan fingerprint density at radius 3 is 2.95 bits per heavy atom. The summed E-state index contributed by atoms with van der Waals surface area (Å²) >= 11 is 6.09. The molecule has 2 aliphatic rings. The molecular weight excluding hydrogens is 286 g/mol. The van der Waals surface area contributed by atoms with Crippen molar-refractivity contribution in [3.8, 4) is 0 Å². The first-order chi connectivity index (χ1) is 10.2. The number of nitrogens with one attached hydrogen (secondary N) is 2. The van der Waals surface area contributed by atoms with E-state index in [1.54, 1.807) is 0 Å². The molecule has 1 aliphatic carbocycles.